The molecule has 0 atom stereocenters. The highest BCUT2D eigenvalue weighted by Crippen LogP contribution is 2.23. The lowest BCUT2D eigenvalue weighted by atomic mass is 9.86. The first-order valence-corrected chi connectivity index (χ1v) is 10.6. The maximum absolute atomic E-state index is 12.9. The van der Waals surface area contributed by atoms with Crippen molar-refractivity contribution in [2.75, 3.05) is 36.4 Å². The second-order valence-corrected chi connectivity index (χ2v) is 8.74. The van der Waals surface area contributed by atoms with Crippen LogP contribution in [0, 0.1) is 0 Å². The summed E-state index contributed by atoms with van der Waals surface area (Å²) in [6.45, 7) is 9.32. The van der Waals surface area contributed by atoms with Gasteiger partial charge in [0.05, 0.1) is 0 Å². The van der Waals surface area contributed by atoms with Crippen LogP contribution < -0.4 is 10.2 Å². The molecule has 1 fully saturated rings. The zero-order chi connectivity index (χ0) is 21.8. The SMILES string of the molecule is CC(C)(C)c1ccc(C(=O)N2CCN(c3ccc(Nc4ccncc4)nn3)CC2)cc1. The molecule has 3 aromatic rings. The number of piperazine rings is 1. The minimum Gasteiger partial charge on any atom is -0.352 e. The van der Waals surface area contributed by atoms with Crippen LogP contribution in [0.3, 0.4) is 0 Å². The first-order valence-electron chi connectivity index (χ1n) is 10.6. The van der Waals surface area contributed by atoms with Crippen LogP contribution in [0.15, 0.2) is 60.9 Å². The number of pyridine rings is 1. The normalized spacial score (nSPS) is 14.4. The van der Waals surface area contributed by atoms with E-state index in [1.54, 1.807) is 12.4 Å². The van der Waals surface area contributed by atoms with Crippen molar-refractivity contribution < 1.29 is 4.79 Å². The minimum atomic E-state index is 0.0810. The van der Waals surface area contributed by atoms with E-state index in [9.17, 15) is 4.79 Å². The number of carbonyl (C=O) groups is 1. The summed E-state index contributed by atoms with van der Waals surface area (Å²) in [6.07, 6.45) is 3.45. The Kier molecular flexibility index (Phi) is 5.84. The van der Waals surface area contributed by atoms with Gasteiger partial charge in [-0.05, 0) is 47.4 Å². The second kappa shape index (κ2) is 8.71. The number of hydrogen-bond acceptors (Lipinski definition) is 6. The van der Waals surface area contributed by atoms with E-state index in [4.69, 9.17) is 0 Å². The van der Waals surface area contributed by atoms with Gasteiger partial charge in [0, 0.05) is 49.8 Å². The molecule has 1 N–H and O–H groups in total. The van der Waals surface area contributed by atoms with Gasteiger partial charge in [-0.1, -0.05) is 32.9 Å². The number of hydrogen-bond donors (Lipinski definition) is 1. The molecule has 0 radical (unpaired) electrons. The molecule has 0 spiro atoms. The van der Waals surface area contributed by atoms with E-state index in [0.717, 1.165) is 30.2 Å². The van der Waals surface area contributed by atoms with Gasteiger partial charge < -0.3 is 15.1 Å². The van der Waals surface area contributed by atoms with E-state index < -0.39 is 0 Å². The number of aromatic nitrogens is 3. The molecule has 0 saturated carbocycles. The van der Waals surface area contributed by atoms with Gasteiger partial charge in [-0.3, -0.25) is 9.78 Å². The molecule has 0 bridgehead atoms. The van der Waals surface area contributed by atoms with Gasteiger partial charge in [-0.25, -0.2) is 0 Å². The van der Waals surface area contributed by atoms with Crippen LogP contribution in [0.5, 0.6) is 0 Å². The van der Waals surface area contributed by atoms with Crippen molar-refractivity contribution in [1.29, 1.82) is 0 Å². The van der Waals surface area contributed by atoms with Crippen LogP contribution in [0.25, 0.3) is 0 Å². The van der Waals surface area contributed by atoms with Gasteiger partial charge in [0.25, 0.3) is 5.91 Å². The third-order valence-corrected chi connectivity index (χ3v) is 5.49. The summed E-state index contributed by atoms with van der Waals surface area (Å²) in [6, 6.07) is 15.6. The van der Waals surface area contributed by atoms with Gasteiger partial charge in [0.2, 0.25) is 0 Å². The van der Waals surface area contributed by atoms with Crippen molar-refractivity contribution in [2.45, 2.75) is 26.2 Å². The fourth-order valence-corrected chi connectivity index (χ4v) is 3.58. The Bertz CT molecular complexity index is 1000. The predicted octanol–water partition coefficient (Wildman–Crippen LogP) is 3.88. The first kappa shape index (κ1) is 20.8. The molecule has 160 valence electrons. The Labute approximate surface area is 183 Å². The molecule has 4 rings (SSSR count). The Hall–Kier alpha value is -3.48. The number of nitrogens with one attached hydrogen (secondary N) is 1. The van der Waals surface area contributed by atoms with Crippen LogP contribution in [0.2, 0.25) is 0 Å². The number of nitrogens with zero attached hydrogens (tertiary/aromatic N) is 5. The summed E-state index contributed by atoms with van der Waals surface area (Å²) in [5.41, 5.74) is 2.97. The molecule has 1 aromatic carbocycles. The molecule has 1 aliphatic rings. The maximum atomic E-state index is 12.9. The van der Waals surface area contributed by atoms with Crippen LogP contribution in [-0.2, 0) is 5.41 Å². The van der Waals surface area contributed by atoms with Gasteiger partial charge >= 0.3 is 0 Å². The zero-order valence-corrected chi connectivity index (χ0v) is 18.2. The summed E-state index contributed by atoms with van der Waals surface area (Å²) in [5.74, 6) is 1.59. The highest BCUT2D eigenvalue weighted by atomic mass is 16.2. The van der Waals surface area contributed by atoms with Gasteiger partial charge in [-0.2, -0.15) is 0 Å². The standard InChI is InChI=1S/C24H28N6O/c1-24(2,3)19-6-4-18(5-7-19)23(31)30-16-14-29(15-17-30)22-9-8-21(27-28-22)26-20-10-12-25-13-11-20/h4-13H,14-17H2,1-3H3,(H,25,26,27). The third-order valence-electron chi connectivity index (χ3n) is 5.49. The molecule has 2 aromatic heterocycles. The highest BCUT2D eigenvalue weighted by Gasteiger charge is 2.23. The van der Waals surface area contributed by atoms with Crippen molar-refractivity contribution in [2.24, 2.45) is 0 Å². The van der Waals surface area contributed by atoms with Crippen LogP contribution in [0.1, 0.15) is 36.7 Å². The lowest BCUT2D eigenvalue weighted by molar-refractivity contribution is 0.0746. The summed E-state index contributed by atoms with van der Waals surface area (Å²) in [4.78, 5) is 21.0. The molecule has 31 heavy (non-hydrogen) atoms. The fraction of sp³-hybridized carbons (Fsp3) is 0.333. The van der Waals surface area contributed by atoms with E-state index in [2.05, 4.69) is 58.3 Å². The maximum Gasteiger partial charge on any atom is 0.253 e. The summed E-state index contributed by atoms with van der Waals surface area (Å²) >= 11 is 0. The highest BCUT2D eigenvalue weighted by molar-refractivity contribution is 5.94. The number of carbonyl (C=O) groups excluding carboxylic acids is 1. The van der Waals surface area contributed by atoms with E-state index in [1.807, 2.05) is 41.3 Å². The van der Waals surface area contributed by atoms with Gasteiger partial charge in [-0.15, -0.1) is 10.2 Å². The van der Waals surface area contributed by atoms with Crippen molar-refractivity contribution >= 4 is 23.2 Å². The smallest absolute Gasteiger partial charge is 0.253 e. The van der Waals surface area contributed by atoms with Crippen molar-refractivity contribution in [1.82, 2.24) is 20.1 Å². The number of benzene rings is 1. The summed E-state index contributed by atoms with van der Waals surface area (Å²) < 4.78 is 0. The largest absolute Gasteiger partial charge is 0.352 e. The average molecular weight is 417 g/mol. The second-order valence-electron chi connectivity index (χ2n) is 8.74. The van der Waals surface area contributed by atoms with Gasteiger partial charge in [0.1, 0.15) is 0 Å². The Morgan fingerprint density at radius 3 is 2.13 bits per heavy atom. The molecule has 1 aliphatic heterocycles. The Morgan fingerprint density at radius 2 is 1.55 bits per heavy atom. The molecular formula is C24H28N6O. The number of rotatable bonds is 4. The van der Waals surface area contributed by atoms with Crippen molar-refractivity contribution in [3.63, 3.8) is 0 Å². The molecule has 0 aliphatic carbocycles. The molecule has 1 saturated heterocycles. The molecule has 0 unspecified atom stereocenters. The molecule has 7 nitrogen and oxygen atoms in total. The average Bonchev–Trinajstić information content (AvgIpc) is 2.79. The summed E-state index contributed by atoms with van der Waals surface area (Å²) in [5, 5.41) is 11.8. The fourth-order valence-electron chi connectivity index (χ4n) is 3.58. The van der Waals surface area contributed by atoms with E-state index in [-0.39, 0.29) is 11.3 Å². The van der Waals surface area contributed by atoms with Crippen LogP contribution in [0.4, 0.5) is 17.3 Å². The lowest BCUT2D eigenvalue weighted by Crippen LogP contribution is -2.49. The number of anilines is 3. The molecular weight excluding hydrogens is 388 g/mol. The van der Waals surface area contributed by atoms with E-state index in [1.165, 1.54) is 5.56 Å². The first-order chi connectivity index (χ1) is 14.9. The molecule has 3 heterocycles. The zero-order valence-electron chi connectivity index (χ0n) is 18.2. The topological polar surface area (TPSA) is 74.2 Å². The Morgan fingerprint density at radius 1 is 0.871 bits per heavy atom. The molecule has 7 heteroatoms. The van der Waals surface area contributed by atoms with E-state index >= 15 is 0 Å². The summed E-state index contributed by atoms with van der Waals surface area (Å²) in [7, 11) is 0. The van der Waals surface area contributed by atoms with Crippen molar-refractivity contribution in [3.8, 4) is 0 Å². The minimum absolute atomic E-state index is 0.0810. The van der Waals surface area contributed by atoms with Crippen LogP contribution in [-0.4, -0.2) is 52.2 Å². The number of amides is 1. The van der Waals surface area contributed by atoms with Gasteiger partial charge in [0.15, 0.2) is 11.6 Å². The van der Waals surface area contributed by atoms with Crippen molar-refractivity contribution in [3.05, 3.63) is 72.1 Å². The monoisotopic (exact) mass is 416 g/mol. The Balaban J connectivity index is 1.33. The third kappa shape index (κ3) is 4.99. The van der Waals surface area contributed by atoms with Crippen LogP contribution >= 0.6 is 0 Å². The molecule has 1 amide bonds. The quantitative estimate of drug-likeness (QED) is 0.696. The predicted molar refractivity (Wildman–Crippen MR) is 123 cm³/mol. The lowest BCUT2D eigenvalue weighted by Gasteiger charge is -2.35. The van der Waals surface area contributed by atoms with E-state index in [0.29, 0.717) is 18.9 Å².